The van der Waals surface area contributed by atoms with E-state index in [0.29, 0.717) is 19.3 Å². The van der Waals surface area contributed by atoms with Crippen LogP contribution in [0.1, 0.15) is 155 Å². The highest BCUT2D eigenvalue weighted by Crippen LogP contribution is 2.60. The van der Waals surface area contributed by atoms with Crippen LogP contribution in [0.5, 0.6) is 0 Å². The highest BCUT2D eigenvalue weighted by Gasteiger charge is 2.46. The molecule has 21 heteroatoms. The van der Waals surface area contributed by atoms with Gasteiger partial charge in [-0.1, -0.05) is 141 Å². The monoisotopic (exact) mass is 977 g/mol. The van der Waals surface area contributed by atoms with Crippen molar-refractivity contribution in [1.29, 1.82) is 0 Å². The molecule has 0 spiro atoms. The normalized spacial score (nSPS) is 20.6. The van der Waals surface area contributed by atoms with Crippen molar-refractivity contribution in [2.24, 2.45) is 5.92 Å². The number of ether oxygens (including phenoxy) is 3. The predicted octanol–water partition coefficient (Wildman–Crippen LogP) is 7.66. The zero-order chi connectivity index (χ0) is 48.8. The van der Waals surface area contributed by atoms with Crippen molar-refractivity contribution in [3.63, 3.8) is 0 Å². The number of aliphatic hydroxyl groups is 3. The zero-order valence-corrected chi connectivity index (χ0v) is 40.8. The first-order chi connectivity index (χ1) is 31.4. The fourth-order valence-corrected chi connectivity index (χ4v) is 8.97. The second-order valence-corrected chi connectivity index (χ2v) is 20.0. The number of nitrogens with zero attached hydrogens (tertiary/aromatic N) is 2. The van der Waals surface area contributed by atoms with Gasteiger partial charge in [-0.3, -0.25) is 23.2 Å². The molecule has 0 bridgehead atoms. The molecule has 19 nitrogen and oxygen atoms in total. The summed E-state index contributed by atoms with van der Waals surface area (Å²) in [6.07, 6.45) is 21.4. The summed E-state index contributed by atoms with van der Waals surface area (Å²) in [5.41, 5.74) is 4.57. The summed E-state index contributed by atoms with van der Waals surface area (Å²) >= 11 is 0. The summed E-state index contributed by atoms with van der Waals surface area (Å²) in [4.78, 5) is 61.7. The van der Waals surface area contributed by atoms with Crippen LogP contribution in [-0.4, -0.2) is 96.9 Å². The van der Waals surface area contributed by atoms with Gasteiger partial charge in [0.15, 0.2) is 12.3 Å². The molecular weight excluding hydrogens is 900 g/mol. The number of nitrogens with two attached hydrogens (primary N) is 1. The second-order valence-electron chi connectivity index (χ2n) is 16.9. The van der Waals surface area contributed by atoms with E-state index < -0.39 is 89.8 Å². The van der Waals surface area contributed by atoms with Crippen molar-refractivity contribution in [2.45, 2.75) is 186 Å². The van der Waals surface area contributed by atoms with Gasteiger partial charge in [0.05, 0.1) is 19.3 Å². The molecule has 1 saturated heterocycles. The second kappa shape index (κ2) is 33.4. The summed E-state index contributed by atoms with van der Waals surface area (Å²) in [6, 6.07) is 1.24. The molecule has 1 fully saturated rings. The fraction of sp³-hybridized carbons (Fsp3) is 0.733. The summed E-state index contributed by atoms with van der Waals surface area (Å²) in [6.45, 7) is 4.17. The molecule has 1 aromatic rings. The topological polar surface area (TPSA) is 286 Å². The number of carbonyl (C=O) groups excluding carboxylic acids is 2. The van der Waals surface area contributed by atoms with Crippen molar-refractivity contribution in [3.8, 4) is 0 Å². The number of unbranched alkanes of at least 4 members (excludes halogenated alkanes) is 12. The number of allylic oxidation sites excluding steroid dienone is 5. The molecule has 1 aliphatic heterocycles. The first-order valence-corrected chi connectivity index (χ1v) is 26.5. The smallest absolute Gasteiger partial charge is 0.462 e. The van der Waals surface area contributed by atoms with Crippen molar-refractivity contribution >= 4 is 33.4 Å². The molecule has 1 aliphatic rings. The number of aromatic nitrogens is 2. The van der Waals surface area contributed by atoms with E-state index in [-0.39, 0.29) is 18.7 Å². The van der Waals surface area contributed by atoms with E-state index in [1.54, 1.807) is 6.08 Å². The predicted molar refractivity (Wildman–Crippen MR) is 249 cm³/mol. The molecule has 1 aromatic heterocycles. The standard InChI is InChI=1S/C45H77N3O16P2/c1-4-5-6-7-11-16-21-26-36(49)27-22-17-14-19-23-28-40(50)59-32-37(62-41(51)29-24-18-13-10-8-9-12-15-20-25-35(2)3)33-60-65(55,56)64-66(57,58)61-34-38-42(52)43(53)44(63-38)48-31-30-39(46)47-45(48)54/h5-6,11,16,21,26,30-31,35-38,42-44,49,52-53H,4,7-10,12-15,17-20,22-25,27-29,32-34H2,1-3H3,(H,55,56)(H,57,58)(H2,46,47,54)/b6-5+,16-11+,26-21+/t36?,37-,38-,42-,43-,44-/m1/s1. The summed E-state index contributed by atoms with van der Waals surface area (Å²) in [5.74, 6) is -0.657. The van der Waals surface area contributed by atoms with Crippen molar-refractivity contribution in [3.05, 3.63) is 59.2 Å². The quantitative estimate of drug-likeness (QED) is 0.0123. The Balaban J connectivity index is 1.84. The SMILES string of the molecule is CC/C=C/C/C=C/C=C/C(O)CCCCCCCC(=O)OC[C@H](COP(=O)(O)OP(=O)(O)OC[C@H]1O[C@@H](n2ccc(N)nc2=O)[C@H](O)[C@@H]1O)OC(=O)CCCCCCCCCCCC(C)C. The molecule has 66 heavy (non-hydrogen) atoms. The van der Waals surface area contributed by atoms with Crippen LogP contribution in [0, 0.1) is 5.92 Å². The van der Waals surface area contributed by atoms with Crippen LogP contribution in [-0.2, 0) is 46.3 Å². The average molecular weight is 978 g/mol. The van der Waals surface area contributed by atoms with Crippen molar-refractivity contribution in [2.75, 3.05) is 25.6 Å². The third-order valence-electron chi connectivity index (χ3n) is 10.5. The van der Waals surface area contributed by atoms with Gasteiger partial charge in [-0.05, 0) is 44.1 Å². The van der Waals surface area contributed by atoms with Gasteiger partial charge in [0.25, 0.3) is 0 Å². The lowest BCUT2D eigenvalue weighted by Gasteiger charge is -2.21. The highest BCUT2D eigenvalue weighted by atomic mass is 31.3. The molecule has 0 radical (unpaired) electrons. The number of phosphoric ester groups is 2. The van der Waals surface area contributed by atoms with Crippen LogP contribution < -0.4 is 11.4 Å². The maximum absolute atomic E-state index is 12.8. The molecular formula is C45H77N3O16P2. The Labute approximate surface area is 390 Å². The Morgan fingerprint density at radius 3 is 2.03 bits per heavy atom. The van der Waals surface area contributed by atoms with Crippen LogP contribution in [0.2, 0.25) is 0 Å². The molecule has 0 aromatic carbocycles. The van der Waals surface area contributed by atoms with Crippen LogP contribution in [0.3, 0.4) is 0 Å². The van der Waals surface area contributed by atoms with Gasteiger partial charge in [0.1, 0.15) is 30.7 Å². The van der Waals surface area contributed by atoms with Crippen LogP contribution in [0.4, 0.5) is 5.82 Å². The lowest BCUT2D eigenvalue weighted by molar-refractivity contribution is -0.161. The average Bonchev–Trinajstić information content (AvgIpc) is 3.53. The van der Waals surface area contributed by atoms with Gasteiger partial charge in [-0.2, -0.15) is 9.29 Å². The number of phosphoric acid groups is 2. The van der Waals surface area contributed by atoms with Crippen LogP contribution >= 0.6 is 15.6 Å². The van der Waals surface area contributed by atoms with Gasteiger partial charge in [0, 0.05) is 19.0 Å². The highest BCUT2D eigenvalue weighted by molar-refractivity contribution is 7.61. The minimum absolute atomic E-state index is 0.0298. The summed E-state index contributed by atoms with van der Waals surface area (Å²) in [7, 11) is -10.9. The number of aliphatic hydroxyl groups excluding tert-OH is 3. The number of carbonyl (C=O) groups is 2. The van der Waals surface area contributed by atoms with Crippen LogP contribution in [0.15, 0.2) is 53.5 Å². The van der Waals surface area contributed by atoms with Crippen LogP contribution in [0.25, 0.3) is 0 Å². The molecule has 378 valence electrons. The van der Waals surface area contributed by atoms with E-state index in [1.165, 1.54) is 38.2 Å². The molecule has 0 amide bonds. The Bertz CT molecular complexity index is 1780. The molecule has 2 rings (SSSR count). The lowest BCUT2D eigenvalue weighted by atomic mass is 10.0. The molecule has 0 aliphatic carbocycles. The van der Waals surface area contributed by atoms with E-state index in [2.05, 4.69) is 42.2 Å². The largest absolute Gasteiger partial charge is 0.481 e. The van der Waals surface area contributed by atoms with E-state index >= 15 is 0 Å². The number of hydrogen-bond acceptors (Lipinski definition) is 16. The Kier molecular flexibility index (Phi) is 29.9. The van der Waals surface area contributed by atoms with Gasteiger partial charge < -0.3 is 45.1 Å². The maximum Gasteiger partial charge on any atom is 0.481 e. The van der Waals surface area contributed by atoms with E-state index in [9.17, 15) is 48.6 Å². The number of rotatable bonds is 37. The van der Waals surface area contributed by atoms with Gasteiger partial charge >= 0.3 is 33.3 Å². The summed E-state index contributed by atoms with van der Waals surface area (Å²) < 4.78 is 56.6. The summed E-state index contributed by atoms with van der Waals surface area (Å²) in [5, 5.41) is 31.0. The minimum atomic E-state index is -5.44. The Hall–Kier alpha value is -3.06. The molecule has 8 atom stereocenters. The maximum atomic E-state index is 12.8. The number of nitrogen functional groups attached to an aromatic ring is 1. The molecule has 0 saturated carbocycles. The third-order valence-corrected chi connectivity index (χ3v) is 13.1. The van der Waals surface area contributed by atoms with Crippen molar-refractivity contribution in [1.82, 2.24) is 9.55 Å². The molecule has 3 unspecified atom stereocenters. The Morgan fingerprint density at radius 2 is 1.41 bits per heavy atom. The number of anilines is 1. The molecule has 2 heterocycles. The van der Waals surface area contributed by atoms with Crippen molar-refractivity contribution < 1.29 is 71.4 Å². The molecule has 7 N–H and O–H groups in total. The minimum Gasteiger partial charge on any atom is -0.462 e. The first kappa shape index (κ1) is 59.1. The van der Waals surface area contributed by atoms with E-state index in [1.807, 2.05) is 18.2 Å². The lowest BCUT2D eigenvalue weighted by Crippen LogP contribution is -2.36. The first-order valence-electron chi connectivity index (χ1n) is 23.5. The number of esters is 2. The van der Waals surface area contributed by atoms with Gasteiger partial charge in [-0.25, -0.2) is 13.9 Å². The van der Waals surface area contributed by atoms with Gasteiger partial charge in [0.2, 0.25) is 0 Å². The van der Waals surface area contributed by atoms with E-state index in [4.69, 9.17) is 29.0 Å². The van der Waals surface area contributed by atoms with Gasteiger partial charge in [-0.15, -0.1) is 0 Å². The fourth-order valence-electron chi connectivity index (χ4n) is 6.86. The third kappa shape index (κ3) is 27.1. The Morgan fingerprint density at radius 1 is 0.818 bits per heavy atom. The van der Waals surface area contributed by atoms with E-state index in [0.717, 1.165) is 80.9 Å². The zero-order valence-electron chi connectivity index (χ0n) is 39.0. The number of hydrogen-bond donors (Lipinski definition) is 6.